The zero-order valence-corrected chi connectivity index (χ0v) is 19.3. The predicted molar refractivity (Wildman–Crippen MR) is 119 cm³/mol. The third-order valence-electron chi connectivity index (χ3n) is 7.43. The third-order valence-corrected chi connectivity index (χ3v) is 8.73. The fourth-order valence-corrected chi connectivity index (χ4v) is 6.39. The molecule has 0 spiro atoms. The Bertz CT molecular complexity index is 694. The molecule has 0 bridgehead atoms. The molecule has 3 nitrogen and oxygen atoms in total. The molecule has 0 N–H and O–H groups in total. The van der Waals surface area contributed by atoms with Gasteiger partial charge in [-0.25, -0.2) is 0 Å². The molecule has 2 aliphatic carbocycles. The lowest BCUT2D eigenvalue weighted by atomic mass is 9.69. The van der Waals surface area contributed by atoms with Crippen LogP contribution in [0.4, 0.5) is 0 Å². The van der Waals surface area contributed by atoms with Gasteiger partial charge in [0, 0.05) is 0 Å². The Labute approximate surface area is 178 Å². The summed E-state index contributed by atoms with van der Waals surface area (Å²) < 4.78 is 30.2. The van der Waals surface area contributed by atoms with Crippen molar-refractivity contribution in [3.05, 3.63) is 29.8 Å². The van der Waals surface area contributed by atoms with Gasteiger partial charge >= 0.3 is 0 Å². The van der Waals surface area contributed by atoms with Crippen molar-refractivity contribution in [2.24, 2.45) is 23.7 Å². The van der Waals surface area contributed by atoms with Crippen molar-refractivity contribution in [3.8, 4) is 0 Å². The summed E-state index contributed by atoms with van der Waals surface area (Å²) in [4.78, 5) is 0.271. The fraction of sp³-hybridized carbons (Fsp3) is 0.760. The Morgan fingerprint density at radius 1 is 0.828 bits per heavy atom. The molecule has 0 aromatic heterocycles. The molecule has 0 unspecified atom stereocenters. The van der Waals surface area contributed by atoms with E-state index >= 15 is 0 Å². The van der Waals surface area contributed by atoms with Crippen LogP contribution in [-0.2, 0) is 14.3 Å². The normalized spacial score (nSPS) is 28.3. The molecule has 0 amide bonds. The van der Waals surface area contributed by atoms with E-state index in [1.54, 1.807) is 12.1 Å². The minimum atomic E-state index is -3.63. The predicted octanol–water partition coefficient (Wildman–Crippen LogP) is 6.89. The van der Waals surface area contributed by atoms with Gasteiger partial charge in [-0.2, -0.15) is 8.42 Å². The molecule has 2 fully saturated rings. The molecular weight excluding hydrogens is 380 g/mol. The highest BCUT2D eigenvalue weighted by Crippen LogP contribution is 2.42. The van der Waals surface area contributed by atoms with Crippen LogP contribution >= 0.6 is 0 Å². The van der Waals surface area contributed by atoms with E-state index in [2.05, 4.69) is 6.92 Å². The third kappa shape index (κ3) is 6.82. The van der Waals surface area contributed by atoms with E-state index in [-0.39, 0.29) is 4.90 Å². The van der Waals surface area contributed by atoms with Gasteiger partial charge in [0.05, 0.1) is 11.5 Å². The Balaban J connectivity index is 1.37. The molecule has 3 rings (SSSR count). The highest BCUT2D eigenvalue weighted by Gasteiger charge is 2.31. The summed E-state index contributed by atoms with van der Waals surface area (Å²) in [5, 5.41) is 0. The summed E-state index contributed by atoms with van der Waals surface area (Å²) in [5.41, 5.74) is 1.05. The minimum Gasteiger partial charge on any atom is -0.266 e. The number of hydrogen-bond acceptors (Lipinski definition) is 3. The van der Waals surface area contributed by atoms with Crippen LogP contribution in [0.25, 0.3) is 0 Å². The molecule has 1 aromatic rings. The van der Waals surface area contributed by atoms with E-state index in [1.165, 1.54) is 64.2 Å². The van der Waals surface area contributed by atoms with E-state index in [9.17, 15) is 8.42 Å². The molecular formula is C25H40O3S. The Morgan fingerprint density at radius 2 is 1.38 bits per heavy atom. The summed E-state index contributed by atoms with van der Waals surface area (Å²) in [5.74, 6) is 3.14. The number of aryl methyl sites for hydroxylation is 1. The van der Waals surface area contributed by atoms with Gasteiger partial charge in [-0.05, 0) is 81.3 Å². The molecule has 0 saturated heterocycles. The summed E-state index contributed by atoms with van der Waals surface area (Å²) in [7, 11) is -3.63. The Hall–Kier alpha value is -0.870. The van der Waals surface area contributed by atoms with Crippen molar-refractivity contribution in [2.75, 3.05) is 6.61 Å². The van der Waals surface area contributed by atoms with Crippen LogP contribution in [0, 0.1) is 30.6 Å². The monoisotopic (exact) mass is 420 g/mol. The lowest BCUT2D eigenvalue weighted by molar-refractivity contribution is 0.123. The van der Waals surface area contributed by atoms with Crippen molar-refractivity contribution < 1.29 is 12.6 Å². The van der Waals surface area contributed by atoms with Crippen LogP contribution in [0.15, 0.2) is 29.2 Å². The van der Waals surface area contributed by atoms with E-state index in [4.69, 9.17) is 4.18 Å². The molecule has 29 heavy (non-hydrogen) atoms. The average molecular weight is 421 g/mol. The highest BCUT2D eigenvalue weighted by atomic mass is 32.2. The maximum Gasteiger partial charge on any atom is 0.296 e. The SMILES string of the molecule is CCCCCC1CCC([C@H]2CC[C@H](COS(=O)(=O)c3ccc(C)cc3)CC2)CC1. The van der Waals surface area contributed by atoms with Gasteiger partial charge in [0.1, 0.15) is 0 Å². The van der Waals surface area contributed by atoms with E-state index in [0.717, 1.165) is 36.2 Å². The zero-order chi connectivity index (χ0) is 20.7. The van der Waals surface area contributed by atoms with E-state index in [0.29, 0.717) is 12.5 Å². The first-order valence-corrected chi connectivity index (χ1v) is 13.3. The van der Waals surface area contributed by atoms with Crippen LogP contribution in [0.2, 0.25) is 0 Å². The van der Waals surface area contributed by atoms with Crippen LogP contribution in [0.3, 0.4) is 0 Å². The first kappa shape index (κ1) is 22.8. The standard InChI is InChI=1S/C25H40O3S/c1-3-4-5-6-21-9-13-23(14-10-21)24-15-11-22(12-16-24)19-28-29(26,27)25-17-7-20(2)8-18-25/h7-8,17-18,21-24H,3-6,9-16,19H2,1-2H3/t21?,22-,23?,24-. The Kier molecular flexibility index (Phi) is 8.61. The summed E-state index contributed by atoms with van der Waals surface area (Å²) in [6.07, 6.45) is 16.0. The van der Waals surface area contributed by atoms with Gasteiger partial charge in [0.15, 0.2) is 0 Å². The quantitative estimate of drug-likeness (QED) is 0.322. The highest BCUT2D eigenvalue weighted by molar-refractivity contribution is 7.86. The van der Waals surface area contributed by atoms with Crippen LogP contribution in [0.5, 0.6) is 0 Å². The smallest absolute Gasteiger partial charge is 0.266 e. The zero-order valence-electron chi connectivity index (χ0n) is 18.4. The van der Waals surface area contributed by atoms with Crippen molar-refractivity contribution in [3.63, 3.8) is 0 Å². The molecule has 0 heterocycles. The maximum absolute atomic E-state index is 12.4. The number of unbranched alkanes of at least 4 members (excludes halogenated alkanes) is 2. The van der Waals surface area contributed by atoms with Gasteiger partial charge in [0.2, 0.25) is 0 Å². The topological polar surface area (TPSA) is 43.4 Å². The Morgan fingerprint density at radius 3 is 1.93 bits per heavy atom. The second-order valence-corrected chi connectivity index (χ2v) is 11.2. The van der Waals surface area contributed by atoms with E-state index < -0.39 is 10.1 Å². The molecule has 0 aliphatic heterocycles. The second kappa shape index (κ2) is 10.9. The van der Waals surface area contributed by atoms with E-state index in [1.807, 2.05) is 19.1 Å². The van der Waals surface area contributed by atoms with Gasteiger partial charge in [-0.3, -0.25) is 4.18 Å². The first-order chi connectivity index (χ1) is 14.0. The van der Waals surface area contributed by atoms with Crippen molar-refractivity contribution in [2.45, 2.75) is 95.8 Å². The maximum atomic E-state index is 12.4. The molecule has 2 aliphatic rings. The molecule has 0 atom stereocenters. The van der Waals surface area contributed by atoms with Gasteiger partial charge in [0.25, 0.3) is 10.1 Å². The summed E-state index contributed by atoms with van der Waals surface area (Å²) in [6, 6.07) is 6.92. The number of rotatable bonds is 9. The average Bonchev–Trinajstić information content (AvgIpc) is 2.74. The molecule has 0 radical (unpaired) electrons. The lowest BCUT2D eigenvalue weighted by Crippen LogP contribution is -2.27. The second-order valence-electron chi connectivity index (χ2n) is 9.61. The van der Waals surface area contributed by atoms with Gasteiger partial charge in [-0.1, -0.05) is 63.1 Å². The number of hydrogen-bond donors (Lipinski definition) is 0. The van der Waals surface area contributed by atoms with Crippen LogP contribution in [-0.4, -0.2) is 15.0 Å². The summed E-state index contributed by atoms with van der Waals surface area (Å²) in [6.45, 7) is 4.58. The van der Waals surface area contributed by atoms with Crippen molar-refractivity contribution in [1.29, 1.82) is 0 Å². The summed E-state index contributed by atoms with van der Waals surface area (Å²) >= 11 is 0. The largest absolute Gasteiger partial charge is 0.296 e. The minimum absolute atomic E-state index is 0.271. The molecule has 164 valence electrons. The van der Waals surface area contributed by atoms with Crippen molar-refractivity contribution >= 4 is 10.1 Å². The van der Waals surface area contributed by atoms with Gasteiger partial charge in [-0.15, -0.1) is 0 Å². The van der Waals surface area contributed by atoms with Crippen LogP contribution < -0.4 is 0 Å². The lowest BCUT2D eigenvalue weighted by Gasteiger charge is -2.37. The van der Waals surface area contributed by atoms with Crippen LogP contribution in [0.1, 0.15) is 89.5 Å². The van der Waals surface area contributed by atoms with Crippen molar-refractivity contribution in [1.82, 2.24) is 0 Å². The first-order valence-electron chi connectivity index (χ1n) is 11.9. The molecule has 1 aromatic carbocycles. The molecule has 4 heteroatoms. The molecule has 2 saturated carbocycles. The fourth-order valence-electron chi connectivity index (χ4n) is 5.42. The van der Waals surface area contributed by atoms with Gasteiger partial charge < -0.3 is 0 Å². The number of benzene rings is 1.